The van der Waals surface area contributed by atoms with Gasteiger partial charge in [-0.1, -0.05) is 0 Å². The van der Waals surface area contributed by atoms with Gasteiger partial charge in [0.25, 0.3) is 0 Å². The molecule has 2 heterocycles. The maximum Gasteiger partial charge on any atom is 0.360 e. The van der Waals surface area contributed by atoms with Crippen LogP contribution in [0.2, 0.25) is 0 Å². The standard InChI is InChI=1S/C6H4BrN3O2/c7-3-1-5(11)10-4(3)2-8-6(12)9-10/h1-2,11H,(H,9,12). The first-order valence-corrected chi connectivity index (χ1v) is 3.93. The fourth-order valence-electron chi connectivity index (χ4n) is 0.963. The second-order valence-electron chi connectivity index (χ2n) is 2.25. The molecule has 2 rings (SSSR count). The minimum absolute atomic E-state index is 0.0311. The van der Waals surface area contributed by atoms with E-state index < -0.39 is 5.69 Å². The Hall–Kier alpha value is -1.30. The topological polar surface area (TPSA) is 70.4 Å². The number of aromatic nitrogens is 3. The number of halogens is 1. The molecule has 0 spiro atoms. The molecule has 0 radical (unpaired) electrons. The molecule has 2 N–H and O–H groups in total. The molecule has 5 nitrogen and oxygen atoms in total. The summed E-state index contributed by atoms with van der Waals surface area (Å²) in [6.45, 7) is 0. The van der Waals surface area contributed by atoms with Gasteiger partial charge in [0.2, 0.25) is 5.88 Å². The summed E-state index contributed by atoms with van der Waals surface area (Å²) in [6.07, 6.45) is 1.38. The average molecular weight is 230 g/mol. The van der Waals surface area contributed by atoms with E-state index in [9.17, 15) is 9.90 Å². The van der Waals surface area contributed by atoms with E-state index >= 15 is 0 Å². The lowest BCUT2D eigenvalue weighted by Crippen LogP contribution is -2.13. The van der Waals surface area contributed by atoms with Crippen LogP contribution in [-0.4, -0.2) is 19.7 Å². The van der Waals surface area contributed by atoms with Crippen molar-refractivity contribution in [2.75, 3.05) is 0 Å². The molecular weight excluding hydrogens is 226 g/mol. The van der Waals surface area contributed by atoms with E-state index in [4.69, 9.17) is 0 Å². The Morgan fingerprint density at radius 1 is 1.67 bits per heavy atom. The highest BCUT2D eigenvalue weighted by Crippen LogP contribution is 2.23. The van der Waals surface area contributed by atoms with Crippen LogP contribution < -0.4 is 5.69 Å². The molecule has 12 heavy (non-hydrogen) atoms. The number of fused-ring (bicyclic) bond motifs is 1. The minimum atomic E-state index is -0.499. The molecule has 62 valence electrons. The van der Waals surface area contributed by atoms with Crippen LogP contribution in [0.25, 0.3) is 5.52 Å². The summed E-state index contributed by atoms with van der Waals surface area (Å²) >= 11 is 3.20. The predicted molar refractivity (Wildman–Crippen MR) is 45.2 cm³/mol. The zero-order valence-electron chi connectivity index (χ0n) is 5.78. The summed E-state index contributed by atoms with van der Waals surface area (Å²) in [5.41, 5.74) is 0.119. The zero-order chi connectivity index (χ0) is 8.72. The Morgan fingerprint density at radius 2 is 2.42 bits per heavy atom. The number of aromatic hydroxyl groups is 1. The van der Waals surface area contributed by atoms with Crippen molar-refractivity contribution in [1.29, 1.82) is 0 Å². The third-order valence-corrected chi connectivity index (χ3v) is 2.12. The van der Waals surface area contributed by atoms with Crippen molar-refractivity contribution in [1.82, 2.24) is 14.6 Å². The van der Waals surface area contributed by atoms with Crippen molar-refractivity contribution < 1.29 is 5.11 Å². The molecule has 2 aromatic rings. The van der Waals surface area contributed by atoms with Crippen LogP contribution in [0.1, 0.15) is 0 Å². The maximum atomic E-state index is 10.7. The van der Waals surface area contributed by atoms with Crippen LogP contribution in [0, 0.1) is 0 Å². The summed E-state index contributed by atoms with van der Waals surface area (Å²) in [5.74, 6) is -0.0311. The van der Waals surface area contributed by atoms with Crippen LogP contribution in [-0.2, 0) is 0 Å². The van der Waals surface area contributed by atoms with Crippen molar-refractivity contribution in [3.63, 3.8) is 0 Å². The van der Waals surface area contributed by atoms with E-state index in [1.807, 2.05) is 0 Å². The lowest BCUT2D eigenvalue weighted by molar-refractivity contribution is 0.437. The smallest absolute Gasteiger partial charge is 0.360 e. The molecule has 0 aromatic carbocycles. The molecule has 2 aromatic heterocycles. The summed E-state index contributed by atoms with van der Waals surface area (Å²) in [6, 6.07) is 1.48. The van der Waals surface area contributed by atoms with Crippen molar-refractivity contribution in [3.8, 4) is 5.88 Å². The highest BCUT2D eigenvalue weighted by atomic mass is 79.9. The zero-order valence-corrected chi connectivity index (χ0v) is 7.37. The molecule has 0 aliphatic rings. The number of H-pyrrole nitrogens is 1. The van der Waals surface area contributed by atoms with E-state index in [0.717, 1.165) is 0 Å². The van der Waals surface area contributed by atoms with Gasteiger partial charge in [-0.25, -0.2) is 14.4 Å². The quantitative estimate of drug-likeness (QED) is 0.691. The van der Waals surface area contributed by atoms with Gasteiger partial charge in [0.15, 0.2) is 0 Å². The minimum Gasteiger partial charge on any atom is -0.493 e. The number of rotatable bonds is 0. The van der Waals surface area contributed by atoms with Crippen LogP contribution in [0.4, 0.5) is 0 Å². The second kappa shape index (κ2) is 2.34. The van der Waals surface area contributed by atoms with Gasteiger partial charge in [0.1, 0.15) is 0 Å². The van der Waals surface area contributed by atoms with Crippen molar-refractivity contribution in [2.24, 2.45) is 0 Å². The second-order valence-corrected chi connectivity index (χ2v) is 3.10. The van der Waals surface area contributed by atoms with Gasteiger partial charge in [0, 0.05) is 6.07 Å². The van der Waals surface area contributed by atoms with Gasteiger partial charge in [-0.3, -0.25) is 0 Å². The largest absolute Gasteiger partial charge is 0.493 e. The Morgan fingerprint density at radius 3 is 3.17 bits per heavy atom. The lowest BCUT2D eigenvalue weighted by Gasteiger charge is -1.93. The summed E-state index contributed by atoms with van der Waals surface area (Å²) in [5, 5.41) is 11.6. The van der Waals surface area contributed by atoms with Crippen LogP contribution in [0.15, 0.2) is 21.5 Å². The van der Waals surface area contributed by atoms with Crippen LogP contribution >= 0.6 is 15.9 Å². The molecule has 0 bridgehead atoms. The summed E-state index contributed by atoms with van der Waals surface area (Å²) in [7, 11) is 0. The van der Waals surface area contributed by atoms with Crippen molar-refractivity contribution >= 4 is 21.4 Å². The maximum absolute atomic E-state index is 10.7. The molecule has 0 aliphatic carbocycles. The van der Waals surface area contributed by atoms with E-state index in [2.05, 4.69) is 26.0 Å². The third-order valence-electron chi connectivity index (χ3n) is 1.48. The number of hydrogen-bond acceptors (Lipinski definition) is 3. The molecule has 0 unspecified atom stereocenters. The predicted octanol–water partition coefficient (Wildman–Crippen LogP) is 0.491. The van der Waals surface area contributed by atoms with Gasteiger partial charge in [0.05, 0.1) is 16.2 Å². The van der Waals surface area contributed by atoms with E-state index in [1.165, 1.54) is 16.8 Å². The summed E-state index contributed by atoms with van der Waals surface area (Å²) in [4.78, 5) is 14.2. The van der Waals surface area contributed by atoms with E-state index in [-0.39, 0.29) is 5.88 Å². The first-order chi connectivity index (χ1) is 5.68. The first-order valence-electron chi connectivity index (χ1n) is 3.14. The van der Waals surface area contributed by atoms with Gasteiger partial charge in [-0.2, -0.15) is 4.98 Å². The molecular formula is C6H4BrN3O2. The number of nitrogens with zero attached hydrogens (tertiary/aromatic N) is 2. The lowest BCUT2D eigenvalue weighted by atomic mass is 10.5. The highest BCUT2D eigenvalue weighted by molar-refractivity contribution is 9.10. The van der Waals surface area contributed by atoms with Gasteiger partial charge >= 0.3 is 5.69 Å². The Labute approximate surface area is 74.8 Å². The van der Waals surface area contributed by atoms with Gasteiger partial charge in [-0.15, -0.1) is 0 Å². The van der Waals surface area contributed by atoms with Crippen molar-refractivity contribution in [2.45, 2.75) is 0 Å². The Kier molecular flexibility index (Phi) is 1.44. The molecule has 0 aliphatic heterocycles. The molecule has 0 atom stereocenters. The molecule has 0 amide bonds. The van der Waals surface area contributed by atoms with Gasteiger partial charge in [-0.05, 0) is 15.9 Å². The Bertz CT molecular complexity index is 487. The number of hydrogen-bond donors (Lipinski definition) is 2. The van der Waals surface area contributed by atoms with Crippen LogP contribution in [0.5, 0.6) is 5.88 Å². The van der Waals surface area contributed by atoms with E-state index in [1.54, 1.807) is 0 Å². The average Bonchev–Trinajstić information content (AvgIpc) is 2.28. The van der Waals surface area contributed by atoms with Crippen molar-refractivity contribution in [3.05, 3.63) is 27.2 Å². The Balaban J connectivity index is 3.00. The first kappa shape index (κ1) is 7.35. The van der Waals surface area contributed by atoms with Gasteiger partial charge < -0.3 is 5.11 Å². The number of nitrogens with one attached hydrogen (secondary N) is 1. The fraction of sp³-hybridized carbons (Fsp3) is 0. The SMILES string of the molecule is O=c1ncc2c(Br)cc(O)n2[nH]1. The van der Waals surface area contributed by atoms with Crippen LogP contribution in [0.3, 0.4) is 0 Å². The normalized spacial score (nSPS) is 10.8. The molecule has 6 heteroatoms. The number of aromatic amines is 1. The highest BCUT2D eigenvalue weighted by Gasteiger charge is 2.05. The molecule has 0 saturated heterocycles. The monoisotopic (exact) mass is 229 g/mol. The molecule has 0 fully saturated rings. The fourth-order valence-corrected chi connectivity index (χ4v) is 1.45. The molecule has 0 saturated carbocycles. The van der Waals surface area contributed by atoms with E-state index in [0.29, 0.717) is 9.99 Å². The summed E-state index contributed by atoms with van der Waals surface area (Å²) < 4.78 is 1.93. The third kappa shape index (κ3) is 0.918.